The minimum Gasteiger partial charge on any atom is -0.481 e. The van der Waals surface area contributed by atoms with Gasteiger partial charge in [0.15, 0.2) is 0 Å². The van der Waals surface area contributed by atoms with Crippen molar-refractivity contribution in [1.29, 1.82) is 0 Å². The van der Waals surface area contributed by atoms with Gasteiger partial charge in [-0.05, 0) is 6.92 Å². The topological polar surface area (TPSA) is 77.8 Å². The van der Waals surface area contributed by atoms with Crippen LogP contribution in [0.15, 0.2) is 0 Å². The predicted octanol–water partition coefficient (Wildman–Crippen LogP) is -0.0518. The summed E-state index contributed by atoms with van der Waals surface area (Å²) in [5, 5.41) is 17.7. The van der Waals surface area contributed by atoms with Crippen LogP contribution in [0.3, 0.4) is 0 Å². The Kier molecular flexibility index (Phi) is 5.32. The van der Waals surface area contributed by atoms with Gasteiger partial charge in [-0.1, -0.05) is 0 Å². The lowest BCUT2D eigenvalue weighted by molar-refractivity contribution is -0.158. The summed E-state index contributed by atoms with van der Waals surface area (Å²) in [4.78, 5) is 20.5. The lowest BCUT2D eigenvalue weighted by Gasteiger charge is -2.13. The minimum atomic E-state index is -1.08. The maximum absolute atomic E-state index is 10.5. The Hall–Kier alpha value is -1.54. The Morgan fingerprint density at radius 1 is 1.69 bits per heavy atom. The maximum atomic E-state index is 10.5. The highest BCUT2D eigenvalue weighted by molar-refractivity contribution is 5.71. The van der Waals surface area contributed by atoms with Crippen molar-refractivity contribution < 1.29 is 19.9 Å². The zero-order valence-corrected chi connectivity index (χ0v) is 7.23. The van der Waals surface area contributed by atoms with Crippen LogP contribution in [0.4, 0.5) is 0 Å². The molecule has 72 valence electrons. The average molecular weight is 185 g/mol. The quantitative estimate of drug-likeness (QED) is 0.272. The molecule has 0 aromatic carbocycles. The van der Waals surface area contributed by atoms with E-state index in [0.717, 1.165) is 0 Å². The Morgan fingerprint density at radius 3 is 2.69 bits per heavy atom. The number of hydroxylamine groups is 2. The smallest absolute Gasteiger partial charge is 0.309 e. The number of aliphatic carboxylic acids is 1. The predicted molar refractivity (Wildman–Crippen MR) is 43.7 cm³/mol. The average Bonchev–Trinajstić information content (AvgIpc) is 2.11. The van der Waals surface area contributed by atoms with Gasteiger partial charge >= 0.3 is 5.97 Å². The van der Waals surface area contributed by atoms with Crippen LogP contribution in [0.2, 0.25) is 0 Å². The molecule has 0 aromatic heterocycles. The third-order valence-corrected chi connectivity index (χ3v) is 1.40. The molecule has 0 saturated carbocycles. The molecule has 0 aliphatic rings. The summed E-state index contributed by atoms with van der Waals surface area (Å²) in [6.45, 7) is 1.35. The molecule has 0 bridgehead atoms. The Labute approximate surface area is 75.9 Å². The van der Waals surface area contributed by atoms with Crippen LogP contribution in [0.1, 0.15) is 13.3 Å². The molecule has 0 saturated heterocycles. The normalized spacial score (nSPS) is 10.9. The molecule has 2 N–H and O–H groups in total. The molecule has 1 amide bonds. The molecule has 0 rings (SSSR count). The second-order valence-corrected chi connectivity index (χ2v) is 2.39. The number of rotatable bonds is 5. The van der Waals surface area contributed by atoms with E-state index in [2.05, 4.69) is 11.8 Å². The third-order valence-electron chi connectivity index (χ3n) is 1.40. The molecule has 0 heterocycles. The fourth-order valence-corrected chi connectivity index (χ4v) is 0.724. The zero-order chi connectivity index (χ0) is 10.3. The fraction of sp³-hybridized carbons (Fsp3) is 0.500. The Morgan fingerprint density at radius 2 is 2.31 bits per heavy atom. The van der Waals surface area contributed by atoms with Crippen LogP contribution in [0, 0.1) is 17.8 Å². The summed E-state index contributed by atoms with van der Waals surface area (Å²) in [5.41, 5.74) is 0. The monoisotopic (exact) mass is 185 g/mol. The summed E-state index contributed by atoms with van der Waals surface area (Å²) in [7, 11) is 0. The van der Waals surface area contributed by atoms with Gasteiger partial charge < -0.3 is 5.11 Å². The van der Waals surface area contributed by atoms with Gasteiger partial charge in [0.2, 0.25) is 6.41 Å². The van der Waals surface area contributed by atoms with Crippen LogP contribution in [-0.4, -0.2) is 34.3 Å². The van der Waals surface area contributed by atoms with Crippen LogP contribution in [0.25, 0.3) is 0 Å². The van der Waals surface area contributed by atoms with Gasteiger partial charge in [-0.3, -0.25) is 14.8 Å². The van der Waals surface area contributed by atoms with Gasteiger partial charge in [0.05, 0.1) is 12.5 Å². The number of carboxylic acids is 1. The molecule has 13 heavy (non-hydrogen) atoms. The number of nitrogens with zero attached hydrogens (tertiary/aromatic N) is 1. The molecular formula is C8H11NO4. The van der Waals surface area contributed by atoms with Crippen molar-refractivity contribution in [3.05, 3.63) is 0 Å². The summed E-state index contributed by atoms with van der Waals surface area (Å²) >= 11 is 0. The van der Waals surface area contributed by atoms with Gasteiger partial charge in [-0.15, -0.1) is 11.8 Å². The molecule has 0 aliphatic carbocycles. The van der Waals surface area contributed by atoms with E-state index in [9.17, 15) is 9.59 Å². The lowest BCUT2D eigenvalue weighted by Crippen LogP contribution is -2.29. The first-order chi connectivity index (χ1) is 6.11. The van der Waals surface area contributed by atoms with Crippen molar-refractivity contribution in [3.8, 4) is 11.8 Å². The van der Waals surface area contributed by atoms with Gasteiger partial charge in [0.1, 0.15) is 0 Å². The highest BCUT2D eigenvalue weighted by atomic mass is 16.5. The molecule has 1 unspecified atom stereocenters. The molecule has 0 radical (unpaired) electrons. The highest BCUT2D eigenvalue weighted by Crippen LogP contribution is 2.03. The number of carbonyl (C=O) groups excluding carboxylic acids is 1. The largest absolute Gasteiger partial charge is 0.481 e. The van der Waals surface area contributed by atoms with Crippen molar-refractivity contribution in [2.24, 2.45) is 5.92 Å². The van der Waals surface area contributed by atoms with E-state index in [1.807, 2.05) is 0 Å². The molecule has 0 spiro atoms. The van der Waals surface area contributed by atoms with Crippen LogP contribution < -0.4 is 0 Å². The molecule has 1 atom stereocenters. The molecule has 5 nitrogen and oxygen atoms in total. The minimum absolute atomic E-state index is 0.122. The number of hydrogen-bond donors (Lipinski definition) is 2. The third kappa shape index (κ3) is 4.82. The van der Waals surface area contributed by atoms with E-state index in [0.29, 0.717) is 5.06 Å². The number of carbonyl (C=O) groups is 2. The van der Waals surface area contributed by atoms with Crippen LogP contribution in [0.5, 0.6) is 0 Å². The first-order valence-electron chi connectivity index (χ1n) is 3.65. The van der Waals surface area contributed by atoms with Gasteiger partial charge in [-0.25, -0.2) is 5.06 Å². The van der Waals surface area contributed by atoms with Gasteiger partial charge in [0.25, 0.3) is 0 Å². The lowest BCUT2D eigenvalue weighted by atomic mass is 10.1. The second-order valence-electron chi connectivity index (χ2n) is 2.39. The molecule has 0 fully saturated rings. The van der Waals surface area contributed by atoms with E-state index < -0.39 is 11.9 Å². The summed E-state index contributed by atoms with van der Waals surface area (Å²) in [5.74, 6) is 3.19. The van der Waals surface area contributed by atoms with E-state index in [1.54, 1.807) is 6.92 Å². The second kappa shape index (κ2) is 6.03. The number of amides is 1. The standard InChI is InChI=1S/C8H11NO4/c1-2-3-4-7(8(11)12)5-9(13)6-10/h6-7,13H,4-5H2,1H3,(H,11,12). The number of carboxylic acid groups (broad SMARTS) is 1. The molecular weight excluding hydrogens is 174 g/mol. The van der Waals surface area contributed by atoms with Gasteiger partial charge in [0, 0.05) is 6.42 Å². The van der Waals surface area contributed by atoms with Crippen molar-refractivity contribution in [2.75, 3.05) is 6.54 Å². The molecule has 5 heteroatoms. The number of hydrogen-bond acceptors (Lipinski definition) is 3. The fourth-order valence-electron chi connectivity index (χ4n) is 0.724. The van der Waals surface area contributed by atoms with Crippen LogP contribution in [-0.2, 0) is 9.59 Å². The van der Waals surface area contributed by atoms with Crippen molar-refractivity contribution in [2.45, 2.75) is 13.3 Å². The Balaban J connectivity index is 4.14. The van der Waals surface area contributed by atoms with Gasteiger partial charge in [-0.2, -0.15) is 0 Å². The summed E-state index contributed by atoms with van der Waals surface area (Å²) in [6, 6.07) is 0. The summed E-state index contributed by atoms with van der Waals surface area (Å²) in [6.07, 6.45) is 0.284. The Bertz CT molecular complexity index is 240. The first kappa shape index (κ1) is 11.5. The first-order valence-corrected chi connectivity index (χ1v) is 3.65. The molecule has 0 aliphatic heterocycles. The van der Waals surface area contributed by atoms with Crippen LogP contribution >= 0.6 is 0 Å². The van der Waals surface area contributed by atoms with Crippen molar-refractivity contribution in [3.63, 3.8) is 0 Å². The van der Waals surface area contributed by atoms with E-state index >= 15 is 0 Å². The SMILES string of the molecule is CC#CCC(CN(O)C=O)C(=O)O. The van der Waals surface area contributed by atoms with E-state index in [1.165, 1.54) is 0 Å². The molecule has 0 aromatic rings. The highest BCUT2D eigenvalue weighted by Gasteiger charge is 2.18. The zero-order valence-electron chi connectivity index (χ0n) is 7.23. The van der Waals surface area contributed by atoms with E-state index in [-0.39, 0.29) is 19.4 Å². The summed E-state index contributed by atoms with van der Waals surface area (Å²) < 4.78 is 0. The van der Waals surface area contributed by atoms with Crippen molar-refractivity contribution in [1.82, 2.24) is 5.06 Å². The maximum Gasteiger partial charge on any atom is 0.309 e. The van der Waals surface area contributed by atoms with Crippen molar-refractivity contribution >= 4 is 12.4 Å². The van der Waals surface area contributed by atoms with E-state index in [4.69, 9.17) is 10.3 Å².